The summed E-state index contributed by atoms with van der Waals surface area (Å²) >= 11 is 3.35. The number of hydrogen-bond donors (Lipinski definition) is 3. The van der Waals surface area contributed by atoms with E-state index in [2.05, 4.69) is 36.4 Å². The average molecular weight is 311 g/mol. The van der Waals surface area contributed by atoms with Crippen molar-refractivity contribution < 1.29 is 0 Å². The number of benzene rings is 1. The molecule has 18 heavy (non-hydrogen) atoms. The minimum Gasteiger partial charge on any atom is -0.358 e. The molecule has 94 valence electrons. The third-order valence-corrected chi connectivity index (χ3v) is 2.96. The Hall–Kier alpha value is -1.89. The molecule has 1 atom stereocenters. The van der Waals surface area contributed by atoms with Crippen LogP contribution in [-0.4, -0.2) is 15.2 Å². The molecule has 3 N–H and O–H groups in total. The van der Waals surface area contributed by atoms with Gasteiger partial charge in [-0.3, -0.25) is 9.78 Å². The van der Waals surface area contributed by atoms with Crippen LogP contribution in [0.5, 0.6) is 0 Å². The molecule has 7 heteroatoms. The van der Waals surface area contributed by atoms with E-state index >= 15 is 0 Å². The lowest BCUT2D eigenvalue weighted by Gasteiger charge is -2.13. The van der Waals surface area contributed by atoms with Crippen molar-refractivity contribution in [3.63, 3.8) is 0 Å². The maximum Gasteiger partial charge on any atom is 0.342 e. The van der Waals surface area contributed by atoms with Crippen molar-refractivity contribution in [2.75, 3.05) is 5.32 Å². The van der Waals surface area contributed by atoms with E-state index in [0.717, 1.165) is 10.0 Å². The molecule has 0 radical (unpaired) electrons. The van der Waals surface area contributed by atoms with E-state index in [1.54, 1.807) is 0 Å². The zero-order chi connectivity index (χ0) is 13.1. The van der Waals surface area contributed by atoms with E-state index in [-0.39, 0.29) is 11.9 Å². The molecule has 0 aliphatic carbocycles. The summed E-state index contributed by atoms with van der Waals surface area (Å²) in [5, 5.41) is 8.77. The molecule has 0 saturated carbocycles. The fourth-order valence-electron chi connectivity index (χ4n) is 1.49. The van der Waals surface area contributed by atoms with E-state index < -0.39 is 11.2 Å². The Balaban J connectivity index is 2.21. The van der Waals surface area contributed by atoms with Gasteiger partial charge < -0.3 is 5.32 Å². The van der Waals surface area contributed by atoms with Gasteiger partial charge in [0.1, 0.15) is 0 Å². The first-order valence-corrected chi connectivity index (χ1v) is 6.06. The van der Waals surface area contributed by atoms with Crippen LogP contribution >= 0.6 is 15.9 Å². The molecule has 0 aliphatic heterocycles. The number of aromatic nitrogens is 3. The number of nitrogens with zero attached hydrogens (tertiary/aromatic N) is 1. The van der Waals surface area contributed by atoms with E-state index in [1.165, 1.54) is 0 Å². The van der Waals surface area contributed by atoms with Crippen LogP contribution in [0.15, 0.2) is 38.3 Å². The standard InChI is InChI=1S/C11H11BrN4O2/c1-6(7-2-4-8(12)5-3-7)13-9-10(17)14-11(18)16-15-9/h2-6H,1H3,(H,13,15)(H2,14,16,17,18). The van der Waals surface area contributed by atoms with E-state index in [0.29, 0.717) is 0 Å². The SMILES string of the molecule is CC(Nc1n[nH]c(=O)[nH]c1=O)c1ccc(Br)cc1. The van der Waals surface area contributed by atoms with Gasteiger partial charge in [0.25, 0.3) is 5.56 Å². The van der Waals surface area contributed by atoms with Gasteiger partial charge in [0.05, 0.1) is 6.04 Å². The smallest absolute Gasteiger partial charge is 0.342 e. The summed E-state index contributed by atoms with van der Waals surface area (Å²) in [6.07, 6.45) is 0. The molecule has 0 saturated heterocycles. The van der Waals surface area contributed by atoms with Crippen LogP contribution in [0, 0.1) is 0 Å². The van der Waals surface area contributed by atoms with Gasteiger partial charge in [0, 0.05) is 4.47 Å². The van der Waals surface area contributed by atoms with Gasteiger partial charge in [0.2, 0.25) is 5.82 Å². The van der Waals surface area contributed by atoms with Gasteiger partial charge in [-0.15, -0.1) is 5.10 Å². The molecule has 1 aromatic carbocycles. The number of H-pyrrole nitrogens is 2. The summed E-state index contributed by atoms with van der Waals surface area (Å²) < 4.78 is 0.985. The van der Waals surface area contributed by atoms with Gasteiger partial charge in [-0.2, -0.15) is 0 Å². The molecule has 1 unspecified atom stereocenters. The van der Waals surface area contributed by atoms with Gasteiger partial charge >= 0.3 is 5.69 Å². The first-order chi connectivity index (χ1) is 8.56. The monoisotopic (exact) mass is 310 g/mol. The number of halogens is 1. The van der Waals surface area contributed by atoms with Gasteiger partial charge in [0.15, 0.2) is 0 Å². The quantitative estimate of drug-likeness (QED) is 0.799. The van der Waals surface area contributed by atoms with Crippen molar-refractivity contribution in [3.05, 3.63) is 55.1 Å². The largest absolute Gasteiger partial charge is 0.358 e. The summed E-state index contributed by atoms with van der Waals surface area (Å²) in [5.74, 6) is 0.0880. The van der Waals surface area contributed by atoms with Gasteiger partial charge in [-0.1, -0.05) is 28.1 Å². The van der Waals surface area contributed by atoms with Crippen molar-refractivity contribution >= 4 is 21.7 Å². The number of hydrogen-bond acceptors (Lipinski definition) is 4. The van der Waals surface area contributed by atoms with Gasteiger partial charge in [-0.05, 0) is 24.6 Å². The summed E-state index contributed by atoms with van der Waals surface area (Å²) in [6, 6.07) is 7.59. The summed E-state index contributed by atoms with van der Waals surface area (Å²) in [6.45, 7) is 1.90. The van der Waals surface area contributed by atoms with Crippen LogP contribution in [0.3, 0.4) is 0 Å². The molecular weight excluding hydrogens is 300 g/mol. The van der Waals surface area contributed by atoms with E-state index in [4.69, 9.17) is 0 Å². The second-order valence-corrected chi connectivity index (χ2v) is 4.69. The zero-order valence-electron chi connectivity index (χ0n) is 9.53. The summed E-state index contributed by atoms with van der Waals surface area (Å²) in [7, 11) is 0. The number of rotatable bonds is 3. The lowest BCUT2D eigenvalue weighted by Crippen LogP contribution is -2.27. The highest BCUT2D eigenvalue weighted by Gasteiger charge is 2.08. The Morgan fingerprint density at radius 2 is 1.94 bits per heavy atom. The molecule has 6 nitrogen and oxygen atoms in total. The van der Waals surface area contributed by atoms with Crippen LogP contribution in [0.1, 0.15) is 18.5 Å². The maximum atomic E-state index is 11.5. The highest BCUT2D eigenvalue weighted by molar-refractivity contribution is 9.10. The molecule has 0 spiro atoms. The maximum absolute atomic E-state index is 11.5. The Labute approximate surface area is 111 Å². The normalized spacial score (nSPS) is 12.1. The van der Waals surface area contributed by atoms with E-state index in [9.17, 15) is 9.59 Å². The van der Waals surface area contributed by atoms with Crippen molar-refractivity contribution in [2.24, 2.45) is 0 Å². The molecular formula is C11H11BrN4O2. The lowest BCUT2D eigenvalue weighted by molar-refractivity contribution is 0.826. The third kappa shape index (κ3) is 2.86. The van der Waals surface area contributed by atoms with Crippen LogP contribution in [-0.2, 0) is 0 Å². The second-order valence-electron chi connectivity index (χ2n) is 3.77. The topological polar surface area (TPSA) is 90.6 Å². The minimum atomic E-state index is -0.623. The predicted octanol–water partition coefficient (Wildman–Crippen LogP) is 1.39. The van der Waals surface area contributed by atoms with Crippen molar-refractivity contribution in [1.82, 2.24) is 15.2 Å². The van der Waals surface area contributed by atoms with Gasteiger partial charge in [-0.25, -0.2) is 9.89 Å². The van der Waals surface area contributed by atoms with E-state index in [1.807, 2.05) is 31.2 Å². The molecule has 2 rings (SSSR count). The highest BCUT2D eigenvalue weighted by atomic mass is 79.9. The molecule has 1 heterocycles. The Bertz CT molecular complexity index is 647. The lowest BCUT2D eigenvalue weighted by atomic mass is 10.1. The first-order valence-electron chi connectivity index (χ1n) is 5.27. The Morgan fingerprint density at radius 1 is 1.28 bits per heavy atom. The molecule has 1 aromatic heterocycles. The van der Waals surface area contributed by atoms with Crippen molar-refractivity contribution in [2.45, 2.75) is 13.0 Å². The van der Waals surface area contributed by atoms with Crippen molar-refractivity contribution in [3.8, 4) is 0 Å². The molecule has 0 aliphatic rings. The van der Waals surface area contributed by atoms with Crippen LogP contribution in [0.4, 0.5) is 5.82 Å². The zero-order valence-corrected chi connectivity index (χ0v) is 11.1. The average Bonchev–Trinajstić information content (AvgIpc) is 2.33. The molecule has 2 aromatic rings. The van der Waals surface area contributed by atoms with Crippen LogP contribution in [0.2, 0.25) is 0 Å². The summed E-state index contributed by atoms with van der Waals surface area (Å²) in [4.78, 5) is 24.4. The fraction of sp³-hybridized carbons (Fsp3) is 0.182. The second kappa shape index (κ2) is 5.18. The predicted molar refractivity (Wildman–Crippen MR) is 71.7 cm³/mol. The first kappa shape index (κ1) is 12.6. The van der Waals surface area contributed by atoms with Crippen LogP contribution < -0.4 is 16.6 Å². The Morgan fingerprint density at radius 3 is 2.56 bits per heavy atom. The minimum absolute atomic E-state index is 0.0880. The molecule has 0 bridgehead atoms. The summed E-state index contributed by atoms with van der Waals surface area (Å²) in [5.41, 5.74) is -0.157. The van der Waals surface area contributed by atoms with Crippen molar-refractivity contribution in [1.29, 1.82) is 0 Å². The highest BCUT2D eigenvalue weighted by Crippen LogP contribution is 2.18. The van der Waals surface area contributed by atoms with Crippen LogP contribution in [0.25, 0.3) is 0 Å². The third-order valence-electron chi connectivity index (χ3n) is 2.43. The fourth-order valence-corrected chi connectivity index (χ4v) is 1.75. The number of aromatic amines is 2. The molecule has 0 amide bonds. The number of anilines is 1. The molecule has 0 fully saturated rings. The number of nitrogens with one attached hydrogen (secondary N) is 3. The Kier molecular flexibility index (Phi) is 3.61.